The lowest BCUT2D eigenvalue weighted by Crippen LogP contribution is -2.41. The summed E-state index contributed by atoms with van der Waals surface area (Å²) in [6.07, 6.45) is 0.610. The van der Waals surface area contributed by atoms with Crippen LogP contribution >= 0.6 is 0 Å². The van der Waals surface area contributed by atoms with Gasteiger partial charge in [-0.1, -0.05) is 60.7 Å². The Morgan fingerprint density at radius 2 is 1.73 bits per heavy atom. The summed E-state index contributed by atoms with van der Waals surface area (Å²) in [5, 5.41) is 1.09. The Morgan fingerprint density at radius 1 is 0.967 bits per heavy atom. The largest absolute Gasteiger partial charge is 0.357 e. The van der Waals surface area contributed by atoms with Crippen molar-refractivity contribution in [3.8, 4) is 0 Å². The van der Waals surface area contributed by atoms with Crippen molar-refractivity contribution in [1.82, 2.24) is 9.29 Å². The second kappa shape index (κ2) is 7.38. The van der Waals surface area contributed by atoms with Gasteiger partial charge in [0.1, 0.15) is 5.82 Å². The third kappa shape index (κ3) is 3.32. The average Bonchev–Trinajstić information content (AvgIpc) is 3.12. The van der Waals surface area contributed by atoms with Crippen LogP contribution in [0, 0.1) is 5.82 Å². The van der Waals surface area contributed by atoms with Gasteiger partial charge in [-0.3, -0.25) is 0 Å². The first-order valence-corrected chi connectivity index (χ1v) is 11.5. The second-order valence-electron chi connectivity index (χ2n) is 7.62. The minimum atomic E-state index is -3.64. The zero-order chi connectivity index (χ0) is 20.7. The zero-order valence-corrected chi connectivity index (χ0v) is 17.1. The van der Waals surface area contributed by atoms with Crippen molar-refractivity contribution < 1.29 is 12.8 Å². The molecule has 1 N–H and O–H groups in total. The summed E-state index contributed by atoms with van der Waals surface area (Å²) in [6, 6.07) is 22.7. The standard InChI is InChI=1S/C24H21FN2O2S/c25-19-10-6-9-18(15-19)24-23-21(20-11-4-5-12-22(20)26-23)13-14-27(24)30(28,29)16-17-7-2-1-3-8-17/h1-12,15,24,26H,13-14,16H2. The van der Waals surface area contributed by atoms with Crippen molar-refractivity contribution in [3.63, 3.8) is 0 Å². The van der Waals surface area contributed by atoms with Gasteiger partial charge in [0, 0.05) is 23.1 Å². The summed E-state index contributed by atoms with van der Waals surface area (Å²) in [4.78, 5) is 3.42. The number of aromatic amines is 1. The molecule has 4 aromatic rings. The van der Waals surface area contributed by atoms with E-state index < -0.39 is 16.1 Å². The summed E-state index contributed by atoms with van der Waals surface area (Å²) in [5.74, 6) is -0.467. The van der Waals surface area contributed by atoms with Gasteiger partial charge >= 0.3 is 0 Å². The van der Waals surface area contributed by atoms with Gasteiger partial charge in [-0.2, -0.15) is 4.31 Å². The predicted octanol–water partition coefficient (Wildman–Crippen LogP) is 4.78. The van der Waals surface area contributed by atoms with Gasteiger partial charge in [-0.05, 0) is 41.3 Å². The van der Waals surface area contributed by atoms with Crippen LogP contribution in [0.4, 0.5) is 4.39 Å². The summed E-state index contributed by atoms with van der Waals surface area (Å²) >= 11 is 0. The number of hydrogen-bond donors (Lipinski definition) is 1. The Morgan fingerprint density at radius 3 is 2.53 bits per heavy atom. The number of H-pyrrole nitrogens is 1. The fourth-order valence-corrected chi connectivity index (χ4v) is 6.09. The van der Waals surface area contributed by atoms with Crippen LogP contribution in [-0.2, 0) is 22.2 Å². The number of nitrogens with one attached hydrogen (secondary N) is 1. The molecule has 1 unspecified atom stereocenters. The lowest BCUT2D eigenvalue weighted by molar-refractivity contribution is 0.339. The fourth-order valence-electron chi connectivity index (χ4n) is 4.40. The van der Waals surface area contributed by atoms with Crippen molar-refractivity contribution >= 4 is 20.9 Å². The maximum absolute atomic E-state index is 14.1. The lowest BCUT2D eigenvalue weighted by Gasteiger charge is -2.35. The number of benzene rings is 3. The van der Waals surface area contributed by atoms with E-state index in [2.05, 4.69) is 4.98 Å². The number of rotatable bonds is 4. The molecule has 0 radical (unpaired) electrons. The number of sulfonamides is 1. The SMILES string of the molecule is O=S(=O)(Cc1ccccc1)N1CCc2c([nH]c3ccccc23)C1c1cccc(F)c1. The number of para-hydroxylation sites is 1. The highest BCUT2D eigenvalue weighted by molar-refractivity contribution is 7.88. The van der Waals surface area contributed by atoms with Crippen LogP contribution in [0.15, 0.2) is 78.9 Å². The number of fused-ring (bicyclic) bond motifs is 3. The Kier molecular flexibility index (Phi) is 4.68. The molecule has 1 aliphatic heterocycles. The van der Waals surface area contributed by atoms with Crippen LogP contribution in [0.3, 0.4) is 0 Å². The molecular weight excluding hydrogens is 399 g/mol. The Labute approximate surface area is 175 Å². The molecule has 1 aliphatic rings. The number of hydrogen-bond acceptors (Lipinski definition) is 2. The van der Waals surface area contributed by atoms with E-state index in [0.29, 0.717) is 18.5 Å². The van der Waals surface area contributed by atoms with Crippen LogP contribution in [-0.4, -0.2) is 24.3 Å². The maximum atomic E-state index is 14.1. The van der Waals surface area contributed by atoms with E-state index in [0.717, 1.165) is 27.7 Å². The molecule has 0 spiro atoms. The highest BCUT2D eigenvalue weighted by Crippen LogP contribution is 2.40. The summed E-state index contributed by atoms with van der Waals surface area (Å²) in [6.45, 7) is 0.352. The predicted molar refractivity (Wildman–Crippen MR) is 116 cm³/mol. The molecular formula is C24H21FN2O2S. The van der Waals surface area contributed by atoms with E-state index in [1.807, 2.05) is 54.6 Å². The van der Waals surface area contributed by atoms with E-state index in [1.54, 1.807) is 12.1 Å². The number of halogens is 1. The van der Waals surface area contributed by atoms with Gasteiger partial charge in [0.25, 0.3) is 0 Å². The Hall–Kier alpha value is -2.96. The van der Waals surface area contributed by atoms with E-state index in [9.17, 15) is 12.8 Å². The molecule has 0 amide bonds. The first kappa shape index (κ1) is 19.0. The number of nitrogens with zero attached hydrogens (tertiary/aromatic N) is 1. The summed E-state index contributed by atoms with van der Waals surface area (Å²) in [5.41, 5.74) is 4.25. The molecule has 2 heterocycles. The van der Waals surface area contributed by atoms with Crippen LogP contribution in [0.25, 0.3) is 10.9 Å². The van der Waals surface area contributed by atoms with Gasteiger partial charge in [-0.25, -0.2) is 12.8 Å². The molecule has 0 saturated heterocycles. The third-order valence-electron chi connectivity index (χ3n) is 5.70. The van der Waals surface area contributed by atoms with Gasteiger partial charge in [0.15, 0.2) is 0 Å². The molecule has 4 nitrogen and oxygen atoms in total. The lowest BCUT2D eigenvalue weighted by atomic mass is 9.94. The molecule has 3 aromatic carbocycles. The van der Waals surface area contributed by atoms with Crippen molar-refractivity contribution in [3.05, 3.63) is 107 Å². The van der Waals surface area contributed by atoms with Crippen LogP contribution in [0.1, 0.15) is 28.4 Å². The molecule has 6 heteroatoms. The molecule has 0 aliphatic carbocycles. The minimum absolute atomic E-state index is 0.0881. The average molecular weight is 421 g/mol. The van der Waals surface area contributed by atoms with Gasteiger partial charge in [0.2, 0.25) is 10.0 Å². The topological polar surface area (TPSA) is 53.2 Å². The van der Waals surface area contributed by atoms with Crippen molar-refractivity contribution in [2.45, 2.75) is 18.2 Å². The molecule has 0 saturated carbocycles. The molecule has 152 valence electrons. The molecule has 5 rings (SSSR count). The second-order valence-corrected chi connectivity index (χ2v) is 9.54. The van der Waals surface area contributed by atoms with E-state index in [4.69, 9.17) is 0 Å². The molecule has 1 aromatic heterocycles. The third-order valence-corrected chi connectivity index (χ3v) is 7.51. The summed E-state index contributed by atoms with van der Waals surface area (Å²) < 4.78 is 42.5. The first-order valence-electron chi connectivity index (χ1n) is 9.91. The normalized spacial score (nSPS) is 17.2. The summed E-state index contributed by atoms with van der Waals surface area (Å²) in [7, 11) is -3.64. The maximum Gasteiger partial charge on any atom is 0.219 e. The molecule has 1 atom stereocenters. The van der Waals surface area contributed by atoms with Crippen LogP contribution in [0.2, 0.25) is 0 Å². The minimum Gasteiger partial charge on any atom is -0.357 e. The first-order chi connectivity index (χ1) is 14.5. The fraction of sp³-hybridized carbons (Fsp3) is 0.167. The van der Waals surface area contributed by atoms with Crippen molar-refractivity contribution in [2.75, 3.05) is 6.54 Å². The van der Waals surface area contributed by atoms with Crippen molar-refractivity contribution in [1.29, 1.82) is 0 Å². The zero-order valence-electron chi connectivity index (χ0n) is 16.3. The van der Waals surface area contributed by atoms with Crippen LogP contribution in [0.5, 0.6) is 0 Å². The van der Waals surface area contributed by atoms with E-state index in [-0.39, 0.29) is 11.6 Å². The van der Waals surface area contributed by atoms with E-state index >= 15 is 0 Å². The van der Waals surface area contributed by atoms with Crippen molar-refractivity contribution in [2.24, 2.45) is 0 Å². The highest BCUT2D eigenvalue weighted by atomic mass is 32.2. The van der Waals surface area contributed by atoms with Gasteiger partial charge in [0.05, 0.1) is 11.8 Å². The van der Waals surface area contributed by atoms with Gasteiger partial charge < -0.3 is 4.98 Å². The van der Waals surface area contributed by atoms with E-state index in [1.165, 1.54) is 16.4 Å². The Bertz CT molecular complexity index is 1320. The highest BCUT2D eigenvalue weighted by Gasteiger charge is 2.38. The number of aromatic nitrogens is 1. The Balaban J connectivity index is 1.65. The molecule has 30 heavy (non-hydrogen) atoms. The van der Waals surface area contributed by atoms with Gasteiger partial charge in [-0.15, -0.1) is 0 Å². The monoisotopic (exact) mass is 420 g/mol. The molecule has 0 bridgehead atoms. The quantitative estimate of drug-likeness (QED) is 0.516. The molecule has 0 fully saturated rings. The van der Waals surface area contributed by atoms with Crippen LogP contribution < -0.4 is 0 Å². The smallest absolute Gasteiger partial charge is 0.219 e.